The van der Waals surface area contributed by atoms with E-state index in [0.717, 1.165) is 42.9 Å². The van der Waals surface area contributed by atoms with Crippen molar-refractivity contribution in [3.63, 3.8) is 0 Å². The molecule has 0 aliphatic carbocycles. The number of ether oxygens (including phenoxy) is 2. The summed E-state index contributed by atoms with van der Waals surface area (Å²) in [7, 11) is 3.24. The predicted molar refractivity (Wildman–Crippen MR) is 95.5 cm³/mol. The topological polar surface area (TPSA) is 63.9 Å². The van der Waals surface area contributed by atoms with Crippen LogP contribution in [-0.2, 0) is 13.0 Å². The summed E-state index contributed by atoms with van der Waals surface area (Å²) < 4.78 is 15.8. The third-order valence-electron chi connectivity index (χ3n) is 4.51. The average molecular weight is 344 g/mol. The van der Waals surface area contributed by atoms with Crippen molar-refractivity contribution in [3.8, 4) is 11.5 Å². The summed E-state index contributed by atoms with van der Waals surface area (Å²) in [6, 6.07) is 7.71. The zero-order valence-electron chi connectivity index (χ0n) is 14.7. The van der Waals surface area contributed by atoms with E-state index < -0.39 is 0 Å². The van der Waals surface area contributed by atoms with Crippen molar-refractivity contribution in [1.29, 1.82) is 0 Å². The highest BCUT2D eigenvalue weighted by molar-refractivity contribution is 5.44. The SMILES string of the molecule is COc1ccc(Cc2ccoc(=O)c2CN2CCNCC2)cc1OC. The van der Waals surface area contributed by atoms with Gasteiger partial charge < -0.3 is 19.2 Å². The van der Waals surface area contributed by atoms with Gasteiger partial charge in [-0.15, -0.1) is 0 Å². The van der Waals surface area contributed by atoms with E-state index in [2.05, 4.69) is 10.2 Å². The maximum absolute atomic E-state index is 12.3. The van der Waals surface area contributed by atoms with E-state index in [9.17, 15) is 4.79 Å². The lowest BCUT2D eigenvalue weighted by Gasteiger charge is -2.27. The minimum atomic E-state index is -0.253. The molecule has 1 aliphatic heterocycles. The molecular formula is C19H24N2O4. The minimum absolute atomic E-state index is 0.253. The van der Waals surface area contributed by atoms with Crippen LogP contribution in [0.1, 0.15) is 16.7 Å². The van der Waals surface area contributed by atoms with E-state index in [4.69, 9.17) is 13.9 Å². The molecular weight excluding hydrogens is 320 g/mol. The Hall–Kier alpha value is -2.31. The van der Waals surface area contributed by atoms with E-state index in [1.54, 1.807) is 14.2 Å². The fraction of sp³-hybridized carbons (Fsp3) is 0.421. The van der Waals surface area contributed by atoms with Gasteiger partial charge in [0.25, 0.3) is 0 Å². The van der Waals surface area contributed by atoms with Gasteiger partial charge in [-0.1, -0.05) is 6.07 Å². The van der Waals surface area contributed by atoms with Gasteiger partial charge in [0.2, 0.25) is 0 Å². The molecule has 1 aromatic heterocycles. The van der Waals surface area contributed by atoms with Crippen LogP contribution in [0.5, 0.6) is 11.5 Å². The van der Waals surface area contributed by atoms with Crippen molar-refractivity contribution in [1.82, 2.24) is 10.2 Å². The van der Waals surface area contributed by atoms with Crippen LogP contribution in [0.25, 0.3) is 0 Å². The minimum Gasteiger partial charge on any atom is -0.493 e. The molecule has 6 heteroatoms. The molecule has 0 atom stereocenters. The van der Waals surface area contributed by atoms with Crippen LogP contribution >= 0.6 is 0 Å². The normalized spacial score (nSPS) is 15.1. The molecule has 0 saturated carbocycles. The highest BCUT2D eigenvalue weighted by atomic mass is 16.5. The number of methoxy groups -OCH3 is 2. The van der Waals surface area contributed by atoms with Crippen LogP contribution in [0, 0.1) is 0 Å². The van der Waals surface area contributed by atoms with Gasteiger partial charge in [0.05, 0.1) is 26.0 Å². The Kier molecular flexibility index (Phi) is 5.73. The number of hydrogen-bond donors (Lipinski definition) is 1. The summed E-state index contributed by atoms with van der Waals surface area (Å²) >= 11 is 0. The molecule has 2 aromatic rings. The Morgan fingerprint density at radius 2 is 1.88 bits per heavy atom. The average Bonchev–Trinajstić information content (AvgIpc) is 2.65. The van der Waals surface area contributed by atoms with Gasteiger partial charge >= 0.3 is 5.63 Å². The van der Waals surface area contributed by atoms with Gasteiger partial charge in [0, 0.05) is 32.7 Å². The number of benzene rings is 1. The van der Waals surface area contributed by atoms with Gasteiger partial charge in [-0.3, -0.25) is 4.90 Å². The monoisotopic (exact) mass is 344 g/mol. The smallest absolute Gasteiger partial charge is 0.340 e. The van der Waals surface area contributed by atoms with E-state index in [1.165, 1.54) is 6.26 Å². The summed E-state index contributed by atoms with van der Waals surface area (Å²) in [6.07, 6.45) is 2.12. The molecule has 0 amide bonds. The Bertz CT molecular complexity index is 766. The number of nitrogens with one attached hydrogen (secondary N) is 1. The lowest BCUT2D eigenvalue weighted by Crippen LogP contribution is -2.43. The Morgan fingerprint density at radius 1 is 1.12 bits per heavy atom. The first kappa shape index (κ1) is 17.5. The second-order valence-electron chi connectivity index (χ2n) is 6.10. The fourth-order valence-corrected chi connectivity index (χ4v) is 3.12. The molecule has 25 heavy (non-hydrogen) atoms. The Balaban J connectivity index is 1.84. The van der Waals surface area contributed by atoms with Crippen molar-refractivity contribution in [2.45, 2.75) is 13.0 Å². The van der Waals surface area contributed by atoms with E-state index in [0.29, 0.717) is 24.5 Å². The second-order valence-corrected chi connectivity index (χ2v) is 6.10. The lowest BCUT2D eigenvalue weighted by atomic mass is 10.0. The van der Waals surface area contributed by atoms with Gasteiger partial charge in [-0.25, -0.2) is 4.79 Å². The largest absolute Gasteiger partial charge is 0.493 e. The van der Waals surface area contributed by atoms with Crippen molar-refractivity contribution >= 4 is 0 Å². The van der Waals surface area contributed by atoms with Crippen LogP contribution in [0.3, 0.4) is 0 Å². The first-order valence-corrected chi connectivity index (χ1v) is 8.45. The van der Waals surface area contributed by atoms with Crippen molar-refractivity contribution < 1.29 is 13.9 Å². The lowest BCUT2D eigenvalue weighted by molar-refractivity contribution is 0.229. The molecule has 0 radical (unpaired) electrons. The maximum Gasteiger partial charge on any atom is 0.340 e. The third kappa shape index (κ3) is 4.21. The van der Waals surface area contributed by atoms with E-state index in [-0.39, 0.29) is 5.63 Å². The summed E-state index contributed by atoms with van der Waals surface area (Å²) in [6.45, 7) is 4.38. The fourth-order valence-electron chi connectivity index (χ4n) is 3.12. The summed E-state index contributed by atoms with van der Waals surface area (Å²) in [5, 5.41) is 3.32. The van der Waals surface area contributed by atoms with Crippen LogP contribution in [0.2, 0.25) is 0 Å². The van der Waals surface area contributed by atoms with Gasteiger partial charge in [-0.05, 0) is 35.7 Å². The van der Waals surface area contributed by atoms with Crippen LogP contribution in [0.4, 0.5) is 0 Å². The predicted octanol–water partition coefficient (Wildman–Crippen LogP) is 1.65. The van der Waals surface area contributed by atoms with Gasteiger partial charge in [0.15, 0.2) is 11.5 Å². The molecule has 0 bridgehead atoms. The summed E-state index contributed by atoms with van der Waals surface area (Å²) in [5.41, 5.74) is 2.53. The zero-order valence-corrected chi connectivity index (χ0v) is 14.7. The van der Waals surface area contributed by atoms with Crippen LogP contribution in [0.15, 0.2) is 39.7 Å². The number of hydrogen-bond acceptors (Lipinski definition) is 6. The second kappa shape index (κ2) is 8.18. The van der Waals surface area contributed by atoms with E-state index >= 15 is 0 Å². The van der Waals surface area contributed by atoms with E-state index in [1.807, 2.05) is 24.3 Å². The summed E-state index contributed by atoms with van der Waals surface area (Å²) in [5.74, 6) is 1.38. The molecule has 134 valence electrons. The van der Waals surface area contributed by atoms with Crippen LogP contribution < -0.4 is 20.4 Å². The van der Waals surface area contributed by atoms with Crippen molar-refractivity contribution in [2.75, 3.05) is 40.4 Å². The molecule has 6 nitrogen and oxygen atoms in total. The van der Waals surface area contributed by atoms with Crippen LogP contribution in [-0.4, -0.2) is 45.3 Å². The standard InChI is InChI=1S/C19H24N2O4/c1-23-17-4-3-14(12-18(17)24-2)11-15-5-10-25-19(22)16(15)13-21-8-6-20-7-9-21/h3-5,10,12,20H,6-9,11,13H2,1-2H3. The van der Waals surface area contributed by atoms with Crippen molar-refractivity contribution in [3.05, 3.63) is 57.6 Å². The molecule has 1 N–H and O–H groups in total. The molecule has 1 aromatic carbocycles. The Labute approximate surface area is 147 Å². The molecule has 2 heterocycles. The zero-order chi connectivity index (χ0) is 17.6. The Morgan fingerprint density at radius 3 is 2.60 bits per heavy atom. The highest BCUT2D eigenvalue weighted by Crippen LogP contribution is 2.28. The first-order chi connectivity index (χ1) is 12.2. The van der Waals surface area contributed by atoms with Gasteiger partial charge in [-0.2, -0.15) is 0 Å². The molecule has 0 spiro atoms. The molecule has 1 saturated heterocycles. The molecule has 0 unspecified atom stereocenters. The molecule has 1 fully saturated rings. The highest BCUT2D eigenvalue weighted by Gasteiger charge is 2.16. The first-order valence-electron chi connectivity index (χ1n) is 8.45. The number of piperazine rings is 1. The maximum atomic E-state index is 12.3. The molecule has 3 rings (SSSR count). The quantitative estimate of drug-likeness (QED) is 0.860. The van der Waals surface area contributed by atoms with Crippen molar-refractivity contribution in [2.24, 2.45) is 0 Å². The number of nitrogens with zero attached hydrogens (tertiary/aromatic N) is 1. The molecule has 1 aliphatic rings. The number of rotatable bonds is 6. The van der Waals surface area contributed by atoms with Gasteiger partial charge in [0.1, 0.15) is 0 Å². The summed E-state index contributed by atoms with van der Waals surface area (Å²) in [4.78, 5) is 14.6. The third-order valence-corrected chi connectivity index (χ3v) is 4.51.